The van der Waals surface area contributed by atoms with E-state index in [1.54, 1.807) is 0 Å². The van der Waals surface area contributed by atoms with Gasteiger partial charge in [-0.25, -0.2) is 0 Å². The number of aryl methyl sites for hydroxylation is 1. The van der Waals surface area contributed by atoms with Crippen molar-refractivity contribution in [2.75, 3.05) is 11.9 Å². The SMILES string of the molecule is Cc1ccccc1-c1nnc(-c2cccc(NC(=O)[C@@H]3CCCO3)c2)o1. The largest absolute Gasteiger partial charge is 0.416 e. The van der Waals surface area contributed by atoms with E-state index in [1.165, 1.54) is 0 Å². The molecule has 6 heteroatoms. The molecule has 1 fully saturated rings. The Labute approximate surface area is 151 Å². The van der Waals surface area contributed by atoms with Gasteiger partial charge in [0.2, 0.25) is 11.8 Å². The van der Waals surface area contributed by atoms with Crippen LogP contribution in [0.5, 0.6) is 0 Å². The lowest BCUT2D eigenvalue weighted by Crippen LogP contribution is -2.26. The van der Waals surface area contributed by atoms with E-state index in [0.29, 0.717) is 24.1 Å². The fourth-order valence-electron chi connectivity index (χ4n) is 3.00. The van der Waals surface area contributed by atoms with Crippen LogP contribution in [0.15, 0.2) is 52.9 Å². The zero-order chi connectivity index (χ0) is 17.9. The average molecular weight is 349 g/mol. The molecule has 1 N–H and O–H groups in total. The predicted octanol–water partition coefficient (Wildman–Crippen LogP) is 3.83. The first kappa shape index (κ1) is 16.5. The number of carbonyl (C=O) groups excluding carboxylic acids is 1. The number of rotatable bonds is 4. The van der Waals surface area contributed by atoms with Gasteiger partial charge in [-0.15, -0.1) is 10.2 Å². The number of nitrogens with zero attached hydrogens (tertiary/aromatic N) is 2. The maximum Gasteiger partial charge on any atom is 0.253 e. The maximum atomic E-state index is 12.2. The maximum absolute atomic E-state index is 12.2. The Morgan fingerprint density at radius 3 is 2.77 bits per heavy atom. The number of benzene rings is 2. The summed E-state index contributed by atoms with van der Waals surface area (Å²) in [6.07, 6.45) is 1.31. The highest BCUT2D eigenvalue weighted by molar-refractivity contribution is 5.94. The minimum atomic E-state index is -0.366. The molecule has 0 saturated carbocycles. The van der Waals surface area contributed by atoms with Crippen molar-refractivity contribution >= 4 is 11.6 Å². The van der Waals surface area contributed by atoms with Gasteiger partial charge in [-0.05, 0) is 49.6 Å². The van der Waals surface area contributed by atoms with Gasteiger partial charge in [0.15, 0.2) is 0 Å². The van der Waals surface area contributed by atoms with E-state index >= 15 is 0 Å². The molecule has 0 bridgehead atoms. The average Bonchev–Trinajstić information content (AvgIpc) is 3.35. The van der Waals surface area contributed by atoms with Crippen LogP contribution in [0.4, 0.5) is 5.69 Å². The lowest BCUT2D eigenvalue weighted by atomic mass is 10.1. The molecule has 1 amide bonds. The Balaban J connectivity index is 1.55. The lowest BCUT2D eigenvalue weighted by molar-refractivity contribution is -0.124. The Hall–Kier alpha value is -2.99. The highest BCUT2D eigenvalue weighted by atomic mass is 16.5. The number of nitrogens with one attached hydrogen (secondary N) is 1. The van der Waals surface area contributed by atoms with Crippen molar-refractivity contribution < 1.29 is 13.9 Å². The molecule has 26 heavy (non-hydrogen) atoms. The van der Waals surface area contributed by atoms with Gasteiger partial charge in [-0.3, -0.25) is 4.79 Å². The van der Waals surface area contributed by atoms with Gasteiger partial charge in [0.25, 0.3) is 5.91 Å². The van der Waals surface area contributed by atoms with E-state index in [4.69, 9.17) is 9.15 Å². The van der Waals surface area contributed by atoms with Crippen molar-refractivity contribution in [1.82, 2.24) is 10.2 Å². The third-order valence-electron chi connectivity index (χ3n) is 4.40. The number of aromatic nitrogens is 2. The minimum Gasteiger partial charge on any atom is -0.416 e. The standard InChI is InChI=1S/C20H19N3O3/c1-13-6-2-3-9-16(13)20-23-22-19(26-20)14-7-4-8-15(12-14)21-18(24)17-10-5-11-25-17/h2-4,6-9,12,17H,5,10-11H2,1H3,(H,21,24)/t17-/m0/s1. The number of hydrogen-bond acceptors (Lipinski definition) is 5. The van der Waals surface area contributed by atoms with E-state index in [0.717, 1.165) is 29.5 Å². The quantitative estimate of drug-likeness (QED) is 0.774. The lowest BCUT2D eigenvalue weighted by Gasteiger charge is -2.10. The van der Waals surface area contributed by atoms with Crippen molar-refractivity contribution in [1.29, 1.82) is 0 Å². The molecule has 2 heterocycles. The van der Waals surface area contributed by atoms with E-state index in [2.05, 4.69) is 15.5 Å². The molecule has 1 saturated heterocycles. The number of amides is 1. The normalized spacial score (nSPS) is 16.6. The predicted molar refractivity (Wildman–Crippen MR) is 97.5 cm³/mol. The summed E-state index contributed by atoms with van der Waals surface area (Å²) in [7, 11) is 0. The molecule has 132 valence electrons. The second-order valence-electron chi connectivity index (χ2n) is 6.30. The molecular formula is C20H19N3O3. The monoisotopic (exact) mass is 349 g/mol. The van der Waals surface area contributed by atoms with E-state index < -0.39 is 0 Å². The summed E-state index contributed by atoms with van der Waals surface area (Å²) < 4.78 is 11.2. The minimum absolute atomic E-state index is 0.120. The van der Waals surface area contributed by atoms with Crippen LogP contribution in [0.2, 0.25) is 0 Å². The highest BCUT2D eigenvalue weighted by Crippen LogP contribution is 2.27. The van der Waals surface area contributed by atoms with E-state index in [-0.39, 0.29) is 12.0 Å². The summed E-state index contributed by atoms with van der Waals surface area (Å²) in [4.78, 5) is 12.2. The Bertz CT molecular complexity index is 929. The van der Waals surface area contributed by atoms with Gasteiger partial charge in [0.05, 0.1) is 0 Å². The molecule has 0 aliphatic carbocycles. The van der Waals surface area contributed by atoms with Gasteiger partial charge < -0.3 is 14.5 Å². The van der Waals surface area contributed by atoms with Crippen LogP contribution in [0.1, 0.15) is 18.4 Å². The smallest absolute Gasteiger partial charge is 0.253 e. The number of anilines is 1. The van der Waals surface area contributed by atoms with Crippen LogP contribution in [0.25, 0.3) is 22.9 Å². The van der Waals surface area contributed by atoms with E-state index in [9.17, 15) is 4.79 Å². The van der Waals surface area contributed by atoms with Crippen LogP contribution in [0.3, 0.4) is 0 Å². The molecule has 3 aromatic rings. The number of carbonyl (C=O) groups is 1. The van der Waals surface area contributed by atoms with Gasteiger partial charge in [0, 0.05) is 23.4 Å². The summed E-state index contributed by atoms with van der Waals surface area (Å²) in [6.45, 7) is 2.64. The van der Waals surface area contributed by atoms with Crippen LogP contribution >= 0.6 is 0 Å². The zero-order valence-corrected chi connectivity index (χ0v) is 14.4. The summed E-state index contributed by atoms with van der Waals surface area (Å²) in [5.74, 6) is 0.772. The second kappa shape index (κ2) is 7.09. The Kier molecular flexibility index (Phi) is 4.50. The highest BCUT2D eigenvalue weighted by Gasteiger charge is 2.23. The first-order chi connectivity index (χ1) is 12.7. The second-order valence-corrected chi connectivity index (χ2v) is 6.30. The summed E-state index contributed by atoms with van der Waals surface area (Å²) in [5, 5.41) is 11.2. The molecule has 1 atom stereocenters. The summed E-state index contributed by atoms with van der Waals surface area (Å²) in [6, 6.07) is 15.2. The van der Waals surface area contributed by atoms with Crippen molar-refractivity contribution in [2.24, 2.45) is 0 Å². The fraction of sp³-hybridized carbons (Fsp3) is 0.250. The molecule has 0 radical (unpaired) electrons. The van der Waals surface area contributed by atoms with Crippen molar-refractivity contribution in [3.63, 3.8) is 0 Å². The first-order valence-electron chi connectivity index (χ1n) is 8.63. The van der Waals surface area contributed by atoms with E-state index in [1.807, 2.05) is 55.5 Å². The van der Waals surface area contributed by atoms with Crippen LogP contribution in [-0.4, -0.2) is 28.8 Å². The Morgan fingerprint density at radius 2 is 1.96 bits per heavy atom. The fourth-order valence-corrected chi connectivity index (χ4v) is 3.00. The molecular weight excluding hydrogens is 330 g/mol. The molecule has 4 rings (SSSR count). The third kappa shape index (κ3) is 3.36. The van der Waals surface area contributed by atoms with Crippen molar-refractivity contribution in [3.05, 3.63) is 54.1 Å². The molecule has 2 aromatic carbocycles. The van der Waals surface area contributed by atoms with Gasteiger partial charge >= 0.3 is 0 Å². The Morgan fingerprint density at radius 1 is 1.12 bits per heavy atom. The number of hydrogen-bond donors (Lipinski definition) is 1. The van der Waals surface area contributed by atoms with Gasteiger partial charge in [0.1, 0.15) is 6.10 Å². The summed E-state index contributed by atoms with van der Waals surface area (Å²) >= 11 is 0. The van der Waals surface area contributed by atoms with Crippen LogP contribution < -0.4 is 5.32 Å². The van der Waals surface area contributed by atoms with Gasteiger partial charge in [-0.1, -0.05) is 24.3 Å². The molecule has 1 aromatic heterocycles. The molecule has 0 spiro atoms. The molecule has 1 aliphatic heterocycles. The molecule has 6 nitrogen and oxygen atoms in total. The molecule has 0 unspecified atom stereocenters. The topological polar surface area (TPSA) is 77.2 Å². The zero-order valence-electron chi connectivity index (χ0n) is 14.4. The third-order valence-corrected chi connectivity index (χ3v) is 4.40. The van der Waals surface area contributed by atoms with Crippen LogP contribution in [0, 0.1) is 6.92 Å². The van der Waals surface area contributed by atoms with Crippen molar-refractivity contribution in [3.8, 4) is 22.9 Å². The van der Waals surface area contributed by atoms with Crippen molar-refractivity contribution in [2.45, 2.75) is 25.9 Å². The first-order valence-corrected chi connectivity index (χ1v) is 8.63. The summed E-state index contributed by atoms with van der Waals surface area (Å²) in [5.41, 5.74) is 3.41. The number of ether oxygens (including phenoxy) is 1. The van der Waals surface area contributed by atoms with Gasteiger partial charge in [-0.2, -0.15) is 0 Å². The molecule has 1 aliphatic rings. The van der Waals surface area contributed by atoms with Crippen LogP contribution in [-0.2, 0) is 9.53 Å².